The van der Waals surface area contributed by atoms with Gasteiger partial charge in [-0.1, -0.05) is 221 Å². The van der Waals surface area contributed by atoms with Crippen molar-refractivity contribution in [2.75, 3.05) is 0 Å². The summed E-state index contributed by atoms with van der Waals surface area (Å²) in [5.41, 5.74) is 26.8. The van der Waals surface area contributed by atoms with E-state index in [1.807, 2.05) is 0 Å². The van der Waals surface area contributed by atoms with Gasteiger partial charge in [0.25, 0.3) is 0 Å². The molecule has 12 rings (SSSR count). The summed E-state index contributed by atoms with van der Waals surface area (Å²) < 4.78 is 0. The number of benzene rings is 9. The van der Waals surface area contributed by atoms with E-state index in [9.17, 15) is 0 Å². The molecule has 0 aromatic heterocycles. The molecule has 0 saturated carbocycles. The number of aryl methyl sites for hydroxylation is 1. The van der Waals surface area contributed by atoms with Crippen molar-refractivity contribution in [2.45, 2.75) is 50.9 Å². The van der Waals surface area contributed by atoms with Crippen LogP contribution in [-0.4, -0.2) is 0 Å². The van der Waals surface area contributed by atoms with Gasteiger partial charge < -0.3 is 0 Å². The van der Waals surface area contributed by atoms with Crippen LogP contribution in [-0.2, 0) is 16.2 Å². The first kappa shape index (κ1) is 36.8. The minimum Gasteiger partial charge on any atom is -0.0622 e. The first-order valence-electron chi connectivity index (χ1n) is 22.2. The van der Waals surface area contributed by atoms with Crippen LogP contribution in [0.1, 0.15) is 77.8 Å². The Labute approximate surface area is 366 Å². The van der Waals surface area contributed by atoms with Crippen LogP contribution >= 0.6 is 0 Å². The Morgan fingerprint density at radius 3 is 1.23 bits per heavy atom. The molecule has 0 atom stereocenters. The van der Waals surface area contributed by atoms with Crippen molar-refractivity contribution in [1.29, 1.82) is 0 Å². The standard InChI is InChI=1S/C62H48/c1-39-34-35-53-50(36-39)59-45(40-18-7-6-8-19-40)26-17-33-56(59)62(53,43-22-13-20-41(37-43)46-27-15-31-54-57(46)48-24-9-11-29-51(48)60(54,2)3)44-23-14-21-42(38-44)47-28-16-32-55-58(47)49-25-10-12-30-52(49)61(55,4)5/h6-38H,1-5H3. The third-order valence-electron chi connectivity index (χ3n) is 14.8. The molecule has 9 aromatic carbocycles. The average molecular weight is 793 g/mol. The van der Waals surface area contributed by atoms with Crippen LogP contribution in [0.5, 0.6) is 0 Å². The Morgan fingerprint density at radius 1 is 0.274 bits per heavy atom. The molecule has 0 aliphatic heterocycles. The van der Waals surface area contributed by atoms with Crippen LogP contribution in [0.3, 0.4) is 0 Å². The van der Waals surface area contributed by atoms with Crippen LogP contribution < -0.4 is 0 Å². The lowest BCUT2D eigenvalue weighted by molar-refractivity contribution is 0.660. The molecule has 296 valence electrons. The second-order valence-corrected chi connectivity index (χ2v) is 18.9. The van der Waals surface area contributed by atoms with Crippen molar-refractivity contribution in [1.82, 2.24) is 0 Å². The van der Waals surface area contributed by atoms with E-state index in [2.05, 4.69) is 235 Å². The van der Waals surface area contributed by atoms with Gasteiger partial charge in [0.05, 0.1) is 5.41 Å². The van der Waals surface area contributed by atoms with Crippen molar-refractivity contribution in [3.05, 3.63) is 250 Å². The first-order chi connectivity index (χ1) is 30.2. The molecule has 62 heavy (non-hydrogen) atoms. The molecular formula is C62H48. The zero-order chi connectivity index (χ0) is 42.0. The topological polar surface area (TPSA) is 0 Å². The summed E-state index contributed by atoms with van der Waals surface area (Å²) in [6.45, 7) is 11.7. The Bertz CT molecular complexity index is 3150. The van der Waals surface area contributed by atoms with Gasteiger partial charge in [0, 0.05) is 10.8 Å². The summed E-state index contributed by atoms with van der Waals surface area (Å²) in [5.74, 6) is 0. The highest BCUT2D eigenvalue weighted by Crippen LogP contribution is 2.60. The molecule has 0 amide bonds. The lowest BCUT2D eigenvalue weighted by atomic mass is 9.66. The van der Waals surface area contributed by atoms with Crippen LogP contribution in [0.15, 0.2) is 200 Å². The maximum atomic E-state index is 2.52. The maximum Gasteiger partial charge on any atom is 0.0714 e. The normalized spacial score (nSPS) is 15.2. The van der Waals surface area contributed by atoms with E-state index < -0.39 is 5.41 Å². The molecule has 3 aliphatic carbocycles. The summed E-state index contributed by atoms with van der Waals surface area (Å²) >= 11 is 0. The van der Waals surface area contributed by atoms with Crippen molar-refractivity contribution < 1.29 is 0 Å². The van der Waals surface area contributed by atoms with Crippen molar-refractivity contribution in [3.63, 3.8) is 0 Å². The third kappa shape index (κ3) is 4.95. The minimum absolute atomic E-state index is 0.0798. The minimum atomic E-state index is -0.612. The van der Waals surface area contributed by atoms with Gasteiger partial charge in [-0.15, -0.1) is 0 Å². The van der Waals surface area contributed by atoms with Crippen LogP contribution in [0.2, 0.25) is 0 Å². The Kier molecular flexibility index (Phi) is 7.86. The Morgan fingerprint density at radius 2 is 0.677 bits per heavy atom. The van der Waals surface area contributed by atoms with Crippen LogP contribution in [0.25, 0.3) is 66.8 Å². The SMILES string of the molecule is Cc1ccc2c(c1)-c1c(-c3ccccc3)cccc1C2(c1cccc(-c2cccc3c2-c2ccccc2C3(C)C)c1)c1cccc(-c2cccc3c2-c2ccccc2C3(C)C)c1. The van der Waals surface area contributed by atoms with E-state index in [0.717, 1.165) is 0 Å². The third-order valence-corrected chi connectivity index (χ3v) is 14.8. The quantitative estimate of drug-likeness (QED) is 0.163. The van der Waals surface area contributed by atoms with Gasteiger partial charge in [0.2, 0.25) is 0 Å². The van der Waals surface area contributed by atoms with E-state index in [4.69, 9.17) is 0 Å². The fraction of sp³-hybridized carbons (Fsp3) is 0.129. The van der Waals surface area contributed by atoms with Crippen molar-refractivity contribution >= 4 is 0 Å². The fourth-order valence-corrected chi connectivity index (χ4v) is 12.0. The predicted molar refractivity (Wildman–Crippen MR) is 260 cm³/mol. The summed E-state index contributed by atoms with van der Waals surface area (Å²) in [5, 5.41) is 0. The molecule has 0 N–H and O–H groups in total. The molecular weight excluding hydrogens is 745 g/mol. The summed E-state index contributed by atoms with van der Waals surface area (Å²) in [6, 6.07) is 76.2. The fourth-order valence-electron chi connectivity index (χ4n) is 12.0. The molecule has 0 unspecified atom stereocenters. The molecule has 0 bridgehead atoms. The number of rotatable bonds is 5. The van der Waals surface area contributed by atoms with Gasteiger partial charge in [0.15, 0.2) is 0 Å². The largest absolute Gasteiger partial charge is 0.0714 e. The zero-order valence-corrected chi connectivity index (χ0v) is 36.1. The number of hydrogen-bond acceptors (Lipinski definition) is 0. The Balaban J connectivity index is 1.16. The molecule has 0 fully saturated rings. The summed E-state index contributed by atoms with van der Waals surface area (Å²) in [7, 11) is 0. The van der Waals surface area contributed by atoms with Crippen LogP contribution in [0, 0.1) is 6.92 Å². The Hall–Kier alpha value is -7.02. The molecule has 0 radical (unpaired) electrons. The van der Waals surface area contributed by atoms with E-state index in [1.54, 1.807) is 0 Å². The summed E-state index contributed by atoms with van der Waals surface area (Å²) in [6.07, 6.45) is 0. The molecule has 0 heterocycles. The van der Waals surface area contributed by atoms with Gasteiger partial charge in [-0.25, -0.2) is 0 Å². The smallest absolute Gasteiger partial charge is 0.0622 e. The van der Waals surface area contributed by atoms with E-state index in [-0.39, 0.29) is 10.8 Å². The number of fused-ring (bicyclic) bond motifs is 9. The predicted octanol–water partition coefficient (Wildman–Crippen LogP) is 16.0. The van der Waals surface area contributed by atoms with E-state index >= 15 is 0 Å². The van der Waals surface area contributed by atoms with Crippen LogP contribution in [0.4, 0.5) is 0 Å². The highest BCUT2D eigenvalue weighted by atomic mass is 14.5. The van der Waals surface area contributed by atoms with Crippen molar-refractivity contribution in [2.24, 2.45) is 0 Å². The van der Waals surface area contributed by atoms with Gasteiger partial charge >= 0.3 is 0 Å². The average Bonchev–Trinajstić information content (AvgIpc) is 3.84. The molecule has 9 aromatic rings. The zero-order valence-electron chi connectivity index (χ0n) is 36.1. The molecule has 0 saturated heterocycles. The second kappa shape index (κ2) is 13.2. The second-order valence-electron chi connectivity index (χ2n) is 18.9. The van der Waals surface area contributed by atoms with Gasteiger partial charge in [-0.2, -0.15) is 0 Å². The molecule has 0 spiro atoms. The highest BCUT2D eigenvalue weighted by Gasteiger charge is 2.48. The molecule has 3 aliphatic rings. The lowest BCUT2D eigenvalue weighted by Gasteiger charge is -2.35. The van der Waals surface area contributed by atoms with Gasteiger partial charge in [-0.3, -0.25) is 0 Å². The summed E-state index contributed by atoms with van der Waals surface area (Å²) in [4.78, 5) is 0. The monoisotopic (exact) mass is 792 g/mol. The van der Waals surface area contributed by atoms with E-state index in [0.29, 0.717) is 0 Å². The molecule has 0 nitrogen and oxygen atoms in total. The number of hydrogen-bond donors (Lipinski definition) is 0. The maximum absolute atomic E-state index is 2.52. The molecule has 0 heteroatoms. The van der Waals surface area contributed by atoms with Gasteiger partial charge in [0.1, 0.15) is 0 Å². The van der Waals surface area contributed by atoms with E-state index in [1.165, 1.54) is 117 Å². The van der Waals surface area contributed by atoms with Crippen molar-refractivity contribution in [3.8, 4) is 66.8 Å². The first-order valence-corrected chi connectivity index (χ1v) is 22.2. The highest BCUT2D eigenvalue weighted by molar-refractivity contribution is 5.98. The van der Waals surface area contributed by atoms with Gasteiger partial charge in [-0.05, 0) is 130 Å². The lowest BCUT2D eigenvalue weighted by Crippen LogP contribution is -2.28.